The van der Waals surface area contributed by atoms with Gasteiger partial charge in [0.25, 0.3) is 5.91 Å². The number of carbonyl (C=O) groups excluding carboxylic acids is 4. The average molecular weight is 441 g/mol. The van der Waals surface area contributed by atoms with Crippen molar-refractivity contribution < 1.29 is 23.9 Å². The molecule has 1 aliphatic rings. The van der Waals surface area contributed by atoms with Crippen molar-refractivity contribution in [1.82, 2.24) is 15.2 Å². The summed E-state index contributed by atoms with van der Waals surface area (Å²) >= 11 is 0. The van der Waals surface area contributed by atoms with Crippen LogP contribution in [0.2, 0.25) is 0 Å². The van der Waals surface area contributed by atoms with Crippen LogP contribution in [0.1, 0.15) is 36.2 Å². The number of carbonyl (C=O) groups is 4. The van der Waals surface area contributed by atoms with E-state index >= 15 is 0 Å². The highest BCUT2D eigenvalue weighted by atomic mass is 16.5. The summed E-state index contributed by atoms with van der Waals surface area (Å²) in [5.74, 6) is -2.17. The van der Waals surface area contributed by atoms with E-state index in [9.17, 15) is 19.2 Å². The molecule has 9 nitrogen and oxygen atoms in total. The zero-order valence-electron chi connectivity index (χ0n) is 18.3. The number of ketones is 1. The molecule has 0 aliphatic carbocycles. The van der Waals surface area contributed by atoms with Gasteiger partial charge in [0.1, 0.15) is 18.7 Å². The lowest BCUT2D eigenvalue weighted by Gasteiger charge is -2.34. The Labute approximate surface area is 186 Å². The Kier molecular flexibility index (Phi) is 6.78. The fourth-order valence-electron chi connectivity index (χ4n) is 3.98. The number of Topliss-reactive ketones (excluding diaryl/α,β-unsaturated/α-hetero) is 1. The van der Waals surface area contributed by atoms with E-state index in [2.05, 4.69) is 10.3 Å². The molecule has 1 aromatic carbocycles. The molecule has 4 N–H and O–H groups in total. The fraction of sp³-hybridized carbons (Fsp3) is 0.391. The molecule has 0 saturated carbocycles. The molecule has 9 heteroatoms. The second-order valence-electron chi connectivity index (χ2n) is 8.57. The SMILES string of the molecule is CN(C(=O)C(CC(C)(C)c1ccccc1)NC(=O)c1cc[nH]c1)C1C(=O)COC1C(N)=O. The van der Waals surface area contributed by atoms with Crippen LogP contribution in [0.4, 0.5) is 0 Å². The molecular formula is C23H28N4O5. The minimum atomic E-state index is -1.22. The first-order chi connectivity index (χ1) is 15.1. The van der Waals surface area contributed by atoms with Crippen LogP contribution < -0.4 is 11.1 Å². The van der Waals surface area contributed by atoms with Crippen molar-refractivity contribution in [3.05, 3.63) is 59.9 Å². The maximum Gasteiger partial charge on any atom is 0.253 e. The van der Waals surface area contributed by atoms with E-state index in [1.54, 1.807) is 12.3 Å². The standard InChI is InChI=1S/C23H28N4O5/c1-23(2,15-7-5-4-6-8-15)11-16(26-21(30)14-9-10-25-12-14)22(31)27(3)18-17(28)13-32-19(18)20(24)29/h4-10,12,16,18-19,25H,11,13H2,1-3H3,(H2,24,29)(H,26,30). The van der Waals surface area contributed by atoms with Crippen LogP contribution >= 0.6 is 0 Å². The Hall–Kier alpha value is -3.46. The molecule has 170 valence electrons. The summed E-state index contributed by atoms with van der Waals surface area (Å²) in [6.07, 6.45) is 2.18. The molecule has 3 atom stereocenters. The van der Waals surface area contributed by atoms with Gasteiger partial charge >= 0.3 is 0 Å². The van der Waals surface area contributed by atoms with Crippen molar-refractivity contribution in [1.29, 1.82) is 0 Å². The summed E-state index contributed by atoms with van der Waals surface area (Å²) in [7, 11) is 1.42. The van der Waals surface area contributed by atoms with Crippen LogP contribution in [-0.4, -0.2) is 65.2 Å². The van der Waals surface area contributed by atoms with Gasteiger partial charge in [-0.25, -0.2) is 0 Å². The highest BCUT2D eigenvalue weighted by Gasteiger charge is 2.45. The van der Waals surface area contributed by atoms with Crippen molar-refractivity contribution in [3.63, 3.8) is 0 Å². The highest BCUT2D eigenvalue weighted by Crippen LogP contribution is 2.29. The number of aromatic nitrogens is 1. The van der Waals surface area contributed by atoms with E-state index < -0.39 is 47.1 Å². The molecule has 0 bridgehead atoms. The van der Waals surface area contributed by atoms with E-state index in [1.807, 2.05) is 44.2 Å². The number of hydrogen-bond donors (Lipinski definition) is 3. The lowest BCUT2D eigenvalue weighted by atomic mass is 9.78. The van der Waals surface area contributed by atoms with Crippen LogP contribution in [0.5, 0.6) is 0 Å². The van der Waals surface area contributed by atoms with Gasteiger partial charge in [-0.05, 0) is 23.5 Å². The second-order valence-corrected chi connectivity index (χ2v) is 8.57. The summed E-state index contributed by atoms with van der Waals surface area (Å²) < 4.78 is 5.19. The van der Waals surface area contributed by atoms with Gasteiger partial charge in [0.2, 0.25) is 11.8 Å². The largest absolute Gasteiger partial charge is 0.367 e. The Morgan fingerprint density at radius 3 is 2.53 bits per heavy atom. The second kappa shape index (κ2) is 9.35. The first-order valence-electron chi connectivity index (χ1n) is 10.3. The van der Waals surface area contributed by atoms with Crippen LogP contribution in [0.25, 0.3) is 0 Å². The number of H-pyrrole nitrogens is 1. The monoisotopic (exact) mass is 440 g/mol. The Bertz CT molecular complexity index is 987. The molecule has 1 aliphatic heterocycles. The number of rotatable bonds is 8. The average Bonchev–Trinajstić information content (AvgIpc) is 3.42. The molecular weight excluding hydrogens is 412 g/mol. The molecule has 3 rings (SSSR count). The first kappa shape index (κ1) is 23.2. The van der Waals surface area contributed by atoms with Crippen LogP contribution in [0.15, 0.2) is 48.8 Å². The number of nitrogens with two attached hydrogens (primary N) is 1. The van der Waals surface area contributed by atoms with Crippen molar-refractivity contribution in [3.8, 4) is 0 Å². The Balaban J connectivity index is 1.88. The van der Waals surface area contributed by atoms with Gasteiger partial charge in [-0.15, -0.1) is 0 Å². The number of benzene rings is 1. The maximum absolute atomic E-state index is 13.5. The van der Waals surface area contributed by atoms with Gasteiger partial charge in [-0.1, -0.05) is 44.2 Å². The van der Waals surface area contributed by atoms with E-state index in [0.717, 1.165) is 10.5 Å². The minimum Gasteiger partial charge on any atom is -0.367 e. The van der Waals surface area contributed by atoms with E-state index in [-0.39, 0.29) is 13.0 Å². The van der Waals surface area contributed by atoms with Gasteiger partial charge in [0, 0.05) is 19.4 Å². The number of aromatic amines is 1. The topological polar surface area (TPSA) is 135 Å². The van der Waals surface area contributed by atoms with Crippen LogP contribution in [0, 0.1) is 0 Å². The summed E-state index contributed by atoms with van der Waals surface area (Å²) in [4.78, 5) is 54.3. The lowest BCUT2D eigenvalue weighted by molar-refractivity contribution is -0.141. The molecule has 2 heterocycles. The van der Waals surface area contributed by atoms with Crippen molar-refractivity contribution in [2.24, 2.45) is 5.73 Å². The molecule has 2 aromatic rings. The third-order valence-electron chi connectivity index (χ3n) is 5.80. The molecule has 0 radical (unpaired) electrons. The molecule has 3 unspecified atom stereocenters. The summed E-state index contributed by atoms with van der Waals surface area (Å²) in [6.45, 7) is 3.65. The Morgan fingerprint density at radius 2 is 1.94 bits per heavy atom. The summed E-state index contributed by atoms with van der Waals surface area (Å²) in [5, 5.41) is 2.79. The number of nitrogens with one attached hydrogen (secondary N) is 2. The first-order valence-corrected chi connectivity index (χ1v) is 10.3. The third kappa shape index (κ3) is 4.88. The zero-order valence-corrected chi connectivity index (χ0v) is 18.3. The van der Waals surface area contributed by atoms with Gasteiger partial charge < -0.3 is 25.7 Å². The fourth-order valence-corrected chi connectivity index (χ4v) is 3.98. The van der Waals surface area contributed by atoms with E-state index in [0.29, 0.717) is 5.56 Å². The predicted octanol–water partition coefficient (Wildman–Crippen LogP) is 0.761. The number of likely N-dealkylation sites (N-methyl/N-ethyl adjacent to an activating group) is 1. The number of ether oxygens (including phenoxy) is 1. The smallest absolute Gasteiger partial charge is 0.253 e. The molecule has 1 aromatic heterocycles. The van der Waals surface area contributed by atoms with E-state index in [1.165, 1.54) is 13.2 Å². The molecule has 1 fully saturated rings. The lowest BCUT2D eigenvalue weighted by Crippen LogP contribution is -2.57. The summed E-state index contributed by atoms with van der Waals surface area (Å²) in [5.41, 5.74) is 6.25. The predicted molar refractivity (Wildman–Crippen MR) is 117 cm³/mol. The molecule has 3 amide bonds. The molecule has 0 spiro atoms. The highest BCUT2D eigenvalue weighted by molar-refractivity contribution is 6.01. The maximum atomic E-state index is 13.5. The number of primary amides is 1. The van der Waals surface area contributed by atoms with Crippen molar-refractivity contribution in [2.45, 2.75) is 43.9 Å². The van der Waals surface area contributed by atoms with Gasteiger partial charge in [-0.3, -0.25) is 19.2 Å². The summed E-state index contributed by atoms with van der Waals surface area (Å²) in [6, 6.07) is 9.13. The van der Waals surface area contributed by atoms with Crippen LogP contribution in [-0.2, 0) is 24.5 Å². The number of hydrogen-bond acceptors (Lipinski definition) is 5. The quantitative estimate of drug-likeness (QED) is 0.557. The van der Waals surface area contributed by atoms with Crippen LogP contribution in [0.3, 0.4) is 0 Å². The van der Waals surface area contributed by atoms with E-state index in [4.69, 9.17) is 10.5 Å². The van der Waals surface area contributed by atoms with Gasteiger partial charge in [-0.2, -0.15) is 0 Å². The number of nitrogens with zero attached hydrogens (tertiary/aromatic N) is 1. The Morgan fingerprint density at radius 1 is 1.25 bits per heavy atom. The van der Waals surface area contributed by atoms with Gasteiger partial charge in [0.05, 0.1) is 5.56 Å². The molecule has 1 saturated heterocycles. The zero-order chi connectivity index (χ0) is 23.5. The van der Waals surface area contributed by atoms with Gasteiger partial charge in [0.15, 0.2) is 11.9 Å². The molecule has 32 heavy (non-hydrogen) atoms. The minimum absolute atomic E-state index is 0.263. The van der Waals surface area contributed by atoms with Crippen molar-refractivity contribution in [2.75, 3.05) is 13.7 Å². The number of amides is 3. The normalized spacial score (nSPS) is 19.4. The van der Waals surface area contributed by atoms with Crippen molar-refractivity contribution >= 4 is 23.5 Å². The third-order valence-corrected chi connectivity index (χ3v) is 5.80.